The highest BCUT2D eigenvalue weighted by Crippen LogP contribution is 2.40. The Balaban J connectivity index is 1.83. The minimum Gasteiger partial charge on any atom is -0.386 e. The summed E-state index contributed by atoms with van der Waals surface area (Å²) in [5.41, 5.74) is -1.29. The molecule has 1 N–H and O–H groups in total. The average Bonchev–Trinajstić information content (AvgIpc) is 3.08. The highest BCUT2D eigenvalue weighted by molar-refractivity contribution is 7.98. The standard InChI is InChI=1S/C22H26F3N5OS/c1-12(2)17-19-27-15-7-6-13(32-5)10-16(15)29(19)8-9-30(17)20-26-11-14(21(3,4)31)18(28-20)22(23,24)25/h6-7,10-12,17,31H,8-9H2,1-5H3. The zero-order valence-electron chi connectivity index (χ0n) is 18.6. The van der Waals surface area contributed by atoms with Crippen LogP contribution in [0.5, 0.6) is 0 Å². The van der Waals surface area contributed by atoms with Gasteiger partial charge in [-0.15, -0.1) is 11.8 Å². The Morgan fingerprint density at radius 1 is 1.16 bits per heavy atom. The maximum absolute atomic E-state index is 13.8. The first kappa shape index (κ1) is 22.8. The SMILES string of the molecule is CSc1ccc2nc3n(c2c1)CCN(c1ncc(C(C)(C)O)c(C(F)(F)F)n1)C3C(C)C. The molecule has 0 saturated heterocycles. The van der Waals surface area contributed by atoms with Crippen molar-refractivity contribution < 1.29 is 18.3 Å². The molecule has 1 aromatic carbocycles. The molecule has 0 fully saturated rings. The van der Waals surface area contributed by atoms with Crippen LogP contribution in [0.25, 0.3) is 11.0 Å². The summed E-state index contributed by atoms with van der Waals surface area (Å²) in [6.45, 7) is 7.62. The maximum Gasteiger partial charge on any atom is 0.433 e. The van der Waals surface area contributed by atoms with Crippen LogP contribution in [-0.4, -0.2) is 37.4 Å². The molecule has 0 aliphatic carbocycles. The summed E-state index contributed by atoms with van der Waals surface area (Å²) in [6.07, 6.45) is -1.61. The summed E-state index contributed by atoms with van der Waals surface area (Å²) >= 11 is 1.65. The van der Waals surface area contributed by atoms with E-state index in [4.69, 9.17) is 4.98 Å². The molecule has 4 rings (SSSR count). The summed E-state index contributed by atoms with van der Waals surface area (Å²) in [5.74, 6) is 0.841. The second-order valence-electron chi connectivity index (χ2n) is 8.85. The van der Waals surface area contributed by atoms with Crippen LogP contribution in [0.2, 0.25) is 0 Å². The van der Waals surface area contributed by atoms with Gasteiger partial charge in [0.15, 0.2) is 5.69 Å². The summed E-state index contributed by atoms with van der Waals surface area (Å²) in [5, 5.41) is 10.2. The number of alkyl halides is 3. The average molecular weight is 466 g/mol. The third-order valence-corrected chi connectivity index (χ3v) is 6.47. The predicted molar refractivity (Wildman–Crippen MR) is 119 cm³/mol. The van der Waals surface area contributed by atoms with Crippen molar-refractivity contribution in [2.75, 3.05) is 17.7 Å². The van der Waals surface area contributed by atoms with E-state index in [9.17, 15) is 18.3 Å². The summed E-state index contributed by atoms with van der Waals surface area (Å²) < 4.78 is 43.5. The fourth-order valence-corrected chi connectivity index (χ4v) is 4.69. The van der Waals surface area contributed by atoms with Gasteiger partial charge in [-0.2, -0.15) is 13.2 Å². The molecule has 1 atom stereocenters. The predicted octanol–water partition coefficient (Wildman–Crippen LogP) is 5.01. The molecule has 6 nitrogen and oxygen atoms in total. The Labute approximate surface area is 188 Å². The largest absolute Gasteiger partial charge is 0.433 e. The number of nitrogens with zero attached hydrogens (tertiary/aromatic N) is 5. The smallest absolute Gasteiger partial charge is 0.386 e. The lowest BCUT2D eigenvalue weighted by atomic mass is 9.97. The van der Waals surface area contributed by atoms with Crippen LogP contribution in [0.15, 0.2) is 29.3 Å². The van der Waals surface area contributed by atoms with Gasteiger partial charge in [0.1, 0.15) is 5.82 Å². The van der Waals surface area contributed by atoms with Crippen molar-refractivity contribution in [3.63, 3.8) is 0 Å². The molecule has 0 radical (unpaired) electrons. The van der Waals surface area contributed by atoms with E-state index in [1.54, 1.807) is 16.7 Å². The van der Waals surface area contributed by atoms with Gasteiger partial charge in [-0.3, -0.25) is 0 Å². The molecule has 1 unspecified atom stereocenters. The van der Waals surface area contributed by atoms with E-state index in [1.165, 1.54) is 13.8 Å². The summed E-state index contributed by atoms with van der Waals surface area (Å²) in [6, 6.07) is 5.80. The number of halogens is 3. The minimum absolute atomic E-state index is 0.00728. The lowest BCUT2D eigenvalue weighted by Gasteiger charge is -2.38. The van der Waals surface area contributed by atoms with Crippen LogP contribution in [0, 0.1) is 5.92 Å². The molecular formula is C22H26F3N5OS. The zero-order valence-corrected chi connectivity index (χ0v) is 19.4. The molecule has 1 aliphatic heterocycles. The van der Waals surface area contributed by atoms with E-state index in [2.05, 4.69) is 20.6 Å². The number of aliphatic hydroxyl groups is 1. The van der Waals surface area contributed by atoms with Gasteiger partial charge in [0.25, 0.3) is 0 Å². The number of imidazole rings is 1. The van der Waals surface area contributed by atoms with Crippen LogP contribution < -0.4 is 4.90 Å². The third-order valence-electron chi connectivity index (χ3n) is 5.74. The first-order chi connectivity index (χ1) is 14.9. The van der Waals surface area contributed by atoms with Crippen molar-refractivity contribution in [2.24, 2.45) is 5.92 Å². The van der Waals surface area contributed by atoms with E-state index >= 15 is 0 Å². The molecule has 0 saturated carbocycles. The molecule has 0 spiro atoms. The Kier molecular flexibility index (Phi) is 5.65. The Bertz CT molecular complexity index is 1150. The van der Waals surface area contributed by atoms with E-state index in [1.807, 2.05) is 32.2 Å². The molecule has 10 heteroatoms. The van der Waals surface area contributed by atoms with Crippen LogP contribution >= 0.6 is 11.8 Å². The van der Waals surface area contributed by atoms with Gasteiger partial charge in [-0.1, -0.05) is 13.8 Å². The van der Waals surface area contributed by atoms with Gasteiger partial charge in [0.2, 0.25) is 5.95 Å². The first-order valence-corrected chi connectivity index (χ1v) is 11.6. The second-order valence-corrected chi connectivity index (χ2v) is 9.73. The number of fused-ring (bicyclic) bond motifs is 3. The van der Waals surface area contributed by atoms with Gasteiger partial charge >= 0.3 is 6.18 Å². The van der Waals surface area contributed by atoms with Crippen molar-refractivity contribution >= 4 is 28.7 Å². The van der Waals surface area contributed by atoms with Gasteiger partial charge in [-0.05, 0) is 44.2 Å². The number of thioether (sulfide) groups is 1. The molecular weight excluding hydrogens is 439 g/mol. The third kappa shape index (κ3) is 3.94. The van der Waals surface area contributed by atoms with Crippen molar-refractivity contribution in [1.82, 2.24) is 19.5 Å². The number of aromatic nitrogens is 4. The van der Waals surface area contributed by atoms with Crippen LogP contribution in [0.1, 0.15) is 50.8 Å². The van der Waals surface area contributed by atoms with Crippen LogP contribution in [0.4, 0.5) is 19.1 Å². The molecule has 1 aliphatic rings. The van der Waals surface area contributed by atoms with Crippen molar-refractivity contribution in [3.05, 3.63) is 41.5 Å². The van der Waals surface area contributed by atoms with Crippen LogP contribution in [0.3, 0.4) is 0 Å². The lowest BCUT2D eigenvalue weighted by Crippen LogP contribution is -2.42. The normalized spacial score (nSPS) is 17.3. The van der Waals surface area contributed by atoms with Gasteiger partial charge < -0.3 is 14.6 Å². The van der Waals surface area contributed by atoms with E-state index in [-0.39, 0.29) is 23.5 Å². The number of anilines is 1. The Hall–Kier alpha value is -2.33. The van der Waals surface area contributed by atoms with Gasteiger partial charge in [0, 0.05) is 29.7 Å². The fourth-order valence-electron chi connectivity index (χ4n) is 4.25. The zero-order chi connectivity index (χ0) is 23.4. The van der Waals surface area contributed by atoms with Crippen molar-refractivity contribution in [2.45, 2.75) is 57.0 Å². The molecule has 32 heavy (non-hydrogen) atoms. The summed E-state index contributed by atoms with van der Waals surface area (Å²) in [7, 11) is 0. The van der Waals surface area contributed by atoms with E-state index in [0.29, 0.717) is 13.1 Å². The second kappa shape index (κ2) is 7.91. The molecule has 172 valence electrons. The molecule has 0 bridgehead atoms. The monoisotopic (exact) mass is 465 g/mol. The van der Waals surface area contributed by atoms with E-state index < -0.39 is 17.5 Å². The highest BCUT2D eigenvalue weighted by atomic mass is 32.2. The van der Waals surface area contributed by atoms with Crippen molar-refractivity contribution in [3.8, 4) is 0 Å². The number of rotatable bonds is 4. The number of benzene rings is 1. The first-order valence-electron chi connectivity index (χ1n) is 10.4. The molecule has 0 amide bonds. The van der Waals surface area contributed by atoms with E-state index in [0.717, 1.165) is 28.0 Å². The van der Waals surface area contributed by atoms with Gasteiger partial charge in [-0.25, -0.2) is 15.0 Å². The topological polar surface area (TPSA) is 67.1 Å². The lowest BCUT2D eigenvalue weighted by molar-refractivity contribution is -0.144. The fraction of sp³-hybridized carbons (Fsp3) is 0.500. The molecule has 2 aromatic heterocycles. The Morgan fingerprint density at radius 2 is 1.88 bits per heavy atom. The Morgan fingerprint density at radius 3 is 2.47 bits per heavy atom. The summed E-state index contributed by atoms with van der Waals surface area (Å²) in [4.78, 5) is 15.9. The highest BCUT2D eigenvalue weighted by Gasteiger charge is 2.41. The molecule has 3 aromatic rings. The maximum atomic E-state index is 13.8. The molecule has 3 heterocycles. The number of hydrogen-bond donors (Lipinski definition) is 1. The quantitative estimate of drug-likeness (QED) is 0.547. The van der Waals surface area contributed by atoms with Gasteiger partial charge in [0.05, 0.1) is 22.7 Å². The minimum atomic E-state index is -4.71. The number of hydrogen-bond acceptors (Lipinski definition) is 6. The van der Waals surface area contributed by atoms with Crippen molar-refractivity contribution in [1.29, 1.82) is 0 Å². The van der Waals surface area contributed by atoms with Crippen LogP contribution in [-0.2, 0) is 18.3 Å².